The average Bonchev–Trinajstić information content (AvgIpc) is 2.67. The Bertz CT molecular complexity index is 278. The maximum atomic E-state index is 5.79. The summed E-state index contributed by atoms with van der Waals surface area (Å²) in [5, 5.41) is 3.27. The molecule has 1 aromatic heterocycles. The predicted molar refractivity (Wildman–Crippen MR) is 53.1 cm³/mol. The largest absolute Gasteiger partial charge is 0.486 e. The Hall–Kier alpha value is -1.16. The molecule has 1 saturated carbocycles. The zero-order valence-electron chi connectivity index (χ0n) is 8.31. The third-order valence-electron chi connectivity index (χ3n) is 2.65. The number of ether oxygens (including phenoxy) is 1. The highest BCUT2D eigenvalue weighted by Crippen LogP contribution is 2.23. The van der Waals surface area contributed by atoms with E-state index in [1.54, 1.807) is 12.4 Å². The van der Waals surface area contributed by atoms with E-state index in [0.717, 1.165) is 12.2 Å². The van der Waals surface area contributed by atoms with Crippen molar-refractivity contribution in [2.24, 2.45) is 0 Å². The van der Waals surface area contributed by atoms with Crippen LogP contribution in [-0.2, 0) is 0 Å². The fraction of sp³-hybridized carbons (Fsp3) is 0.600. The zero-order chi connectivity index (χ0) is 9.80. The first-order valence-corrected chi connectivity index (χ1v) is 4.99. The Morgan fingerprint density at radius 1 is 1.36 bits per heavy atom. The van der Waals surface area contributed by atoms with Crippen molar-refractivity contribution in [1.29, 1.82) is 0 Å². The van der Waals surface area contributed by atoms with Gasteiger partial charge in [0.1, 0.15) is 12.4 Å². The molecule has 1 heterocycles. The second-order valence-electron chi connectivity index (χ2n) is 3.56. The molecule has 76 valence electrons. The molecule has 14 heavy (non-hydrogen) atoms. The molecule has 0 radical (unpaired) electrons. The van der Waals surface area contributed by atoms with Gasteiger partial charge in [0.25, 0.3) is 0 Å². The molecule has 1 aliphatic carbocycles. The normalized spacial score (nSPS) is 26.4. The SMILES string of the molecule is CN[C@H]1CCC[C@H]1Oc1cncnc1. The van der Waals surface area contributed by atoms with Crippen molar-refractivity contribution in [3.05, 3.63) is 18.7 Å². The van der Waals surface area contributed by atoms with Crippen LogP contribution in [0.15, 0.2) is 18.7 Å². The average molecular weight is 193 g/mol. The van der Waals surface area contributed by atoms with Crippen LogP contribution in [-0.4, -0.2) is 29.2 Å². The number of aromatic nitrogens is 2. The molecule has 0 bridgehead atoms. The minimum Gasteiger partial charge on any atom is -0.486 e. The molecule has 0 unspecified atom stereocenters. The smallest absolute Gasteiger partial charge is 0.156 e. The third kappa shape index (κ3) is 2.01. The summed E-state index contributed by atoms with van der Waals surface area (Å²) in [5.41, 5.74) is 0. The molecule has 4 heteroatoms. The molecule has 1 fully saturated rings. The molecular formula is C10H15N3O. The van der Waals surface area contributed by atoms with Crippen LogP contribution in [0.4, 0.5) is 0 Å². The minimum atomic E-state index is 0.269. The highest BCUT2D eigenvalue weighted by molar-refractivity contribution is 5.11. The lowest BCUT2D eigenvalue weighted by atomic mass is 10.2. The van der Waals surface area contributed by atoms with Crippen LogP contribution >= 0.6 is 0 Å². The Labute approximate surface area is 83.7 Å². The summed E-state index contributed by atoms with van der Waals surface area (Å²) in [4.78, 5) is 7.84. The van der Waals surface area contributed by atoms with Gasteiger partial charge in [0.15, 0.2) is 5.75 Å². The van der Waals surface area contributed by atoms with E-state index in [-0.39, 0.29) is 6.10 Å². The van der Waals surface area contributed by atoms with Crippen molar-refractivity contribution in [3.63, 3.8) is 0 Å². The minimum absolute atomic E-state index is 0.269. The molecule has 0 aromatic carbocycles. The van der Waals surface area contributed by atoms with Crippen LogP contribution in [0.5, 0.6) is 5.75 Å². The summed E-state index contributed by atoms with van der Waals surface area (Å²) in [6, 6.07) is 0.468. The van der Waals surface area contributed by atoms with Crippen molar-refractivity contribution in [1.82, 2.24) is 15.3 Å². The number of likely N-dealkylation sites (N-methyl/N-ethyl adjacent to an activating group) is 1. The molecular weight excluding hydrogens is 178 g/mol. The molecule has 0 aliphatic heterocycles. The molecule has 1 aromatic rings. The van der Waals surface area contributed by atoms with Gasteiger partial charge in [0.05, 0.1) is 12.4 Å². The molecule has 0 spiro atoms. The first-order valence-electron chi connectivity index (χ1n) is 4.99. The van der Waals surface area contributed by atoms with E-state index in [1.165, 1.54) is 19.2 Å². The van der Waals surface area contributed by atoms with Crippen LogP contribution in [0.25, 0.3) is 0 Å². The van der Waals surface area contributed by atoms with Crippen LogP contribution in [0.3, 0.4) is 0 Å². The standard InChI is InChI=1S/C10H15N3O/c1-11-9-3-2-4-10(9)14-8-5-12-7-13-6-8/h5-7,9-11H,2-4H2,1H3/t9-,10+/m0/s1. The monoisotopic (exact) mass is 193 g/mol. The summed E-state index contributed by atoms with van der Waals surface area (Å²) in [6.45, 7) is 0. The van der Waals surface area contributed by atoms with Gasteiger partial charge >= 0.3 is 0 Å². The molecule has 0 amide bonds. The second-order valence-corrected chi connectivity index (χ2v) is 3.56. The molecule has 1 N–H and O–H groups in total. The molecule has 0 saturated heterocycles. The maximum Gasteiger partial charge on any atom is 0.156 e. The highest BCUT2D eigenvalue weighted by atomic mass is 16.5. The number of nitrogens with zero attached hydrogens (tertiary/aromatic N) is 2. The van der Waals surface area contributed by atoms with Gasteiger partial charge in [0.2, 0.25) is 0 Å². The van der Waals surface area contributed by atoms with Gasteiger partial charge in [-0.25, -0.2) is 9.97 Å². The van der Waals surface area contributed by atoms with E-state index < -0.39 is 0 Å². The fourth-order valence-corrected chi connectivity index (χ4v) is 1.92. The van der Waals surface area contributed by atoms with Crippen LogP contribution in [0.2, 0.25) is 0 Å². The summed E-state index contributed by atoms with van der Waals surface area (Å²) < 4.78 is 5.79. The van der Waals surface area contributed by atoms with Gasteiger partial charge in [-0.2, -0.15) is 0 Å². The zero-order valence-corrected chi connectivity index (χ0v) is 8.31. The van der Waals surface area contributed by atoms with E-state index >= 15 is 0 Å². The lowest BCUT2D eigenvalue weighted by Gasteiger charge is -2.19. The van der Waals surface area contributed by atoms with Gasteiger partial charge < -0.3 is 10.1 Å². The summed E-state index contributed by atoms with van der Waals surface area (Å²) in [7, 11) is 1.98. The molecule has 2 rings (SSSR count). The molecule has 2 atom stereocenters. The second kappa shape index (κ2) is 4.37. The number of hydrogen-bond acceptors (Lipinski definition) is 4. The number of hydrogen-bond donors (Lipinski definition) is 1. The van der Waals surface area contributed by atoms with Gasteiger partial charge in [-0.15, -0.1) is 0 Å². The summed E-state index contributed by atoms with van der Waals surface area (Å²) in [5.74, 6) is 0.764. The van der Waals surface area contributed by atoms with E-state index in [1.807, 2.05) is 7.05 Å². The van der Waals surface area contributed by atoms with Gasteiger partial charge in [0, 0.05) is 6.04 Å². The van der Waals surface area contributed by atoms with Crippen molar-refractivity contribution in [3.8, 4) is 5.75 Å². The Morgan fingerprint density at radius 3 is 2.86 bits per heavy atom. The fourth-order valence-electron chi connectivity index (χ4n) is 1.92. The maximum absolute atomic E-state index is 5.79. The van der Waals surface area contributed by atoms with Gasteiger partial charge in [-0.3, -0.25) is 0 Å². The number of nitrogens with one attached hydrogen (secondary N) is 1. The van der Waals surface area contributed by atoms with Crippen LogP contribution in [0.1, 0.15) is 19.3 Å². The van der Waals surface area contributed by atoms with Crippen molar-refractivity contribution in [2.45, 2.75) is 31.4 Å². The van der Waals surface area contributed by atoms with Crippen LogP contribution < -0.4 is 10.1 Å². The molecule has 4 nitrogen and oxygen atoms in total. The number of rotatable bonds is 3. The van der Waals surface area contributed by atoms with Gasteiger partial charge in [-0.05, 0) is 26.3 Å². The van der Waals surface area contributed by atoms with Crippen molar-refractivity contribution >= 4 is 0 Å². The van der Waals surface area contributed by atoms with E-state index in [0.29, 0.717) is 6.04 Å². The van der Waals surface area contributed by atoms with E-state index in [9.17, 15) is 0 Å². The van der Waals surface area contributed by atoms with Gasteiger partial charge in [-0.1, -0.05) is 0 Å². The Morgan fingerprint density at radius 2 is 2.14 bits per heavy atom. The third-order valence-corrected chi connectivity index (χ3v) is 2.65. The van der Waals surface area contributed by atoms with Crippen molar-refractivity contribution < 1.29 is 4.74 Å². The lowest BCUT2D eigenvalue weighted by molar-refractivity contribution is 0.177. The van der Waals surface area contributed by atoms with Crippen molar-refractivity contribution in [2.75, 3.05) is 7.05 Å². The highest BCUT2D eigenvalue weighted by Gasteiger charge is 2.27. The Kier molecular flexibility index (Phi) is 2.93. The first-order chi connectivity index (χ1) is 6.90. The van der Waals surface area contributed by atoms with E-state index in [4.69, 9.17) is 4.74 Å². The summed E-state index contributed by atoms with van der Waals surface area (Å²) in [6.07, 6.45) is 8.72. The lowest BCUT2D eigenvalue weighted by Crippen LogP contribution is -2.36. The van der Waals surface area contributed by atoms with Crippen LogP contribution in [0, 0.1) is 0 Å². The van der Waals surface area contributed by atoms with E-state index in [2.05, 4.69) is 15.3 Å². The Balaban J connectivity index is 1.97. The quantitative estimate of drug-likeness (QED) is 0.777. The molecule has 1 aliphatic rings. The topological polar surface area (TPSA) is 47.0 Å². The predicted octanol–water partition coefficient (Wildman–Crippen LogP) is 0.996. The first kappa shape index (κ1) is 9.40. The summed E-state index contributed by atoms with van der Waals surface area (Å²) >= 11 is 0.